The van der Waals surface area contributed by atoms with Crippen LogP contribution in [0.15, 0.2) is 76.8 Å². The molecule has 0 amide bonds. The molecule has 0 N–H and O–H groups in total. The zero-order chi connectivity index (χ0) is 19.6. The third-order valence-electron chi connectivity index (χ3n) is 3.35. The molecule has 0 bridgehead atoms. The second-order valence-corrected chi connectivity index (χ2v) is 5.75. The van der Waals surface area contributed by atoms with Crippen molar-refractivity contribution in [2.45, 2.75) is 20.8 Å². The van der Waals surface area contributed by atoms with Crippen LogP contribution in [0.2, 0.25) is 0 Å². The van der Waals surface area contributed by atoms with Crippen LogP contribution in [-0.4, -0.2) is 16.8 Å². The molecule has 0 saturated carbocycles. The van der Waals surface area contributed by atoms with Crippen molar-refractivity contribution in [1.82, 2.24) is 4.98 Å². The SMILES string of the molecule is CC([O-])=Nc1ccccc1N=C(C)[O-].Cc1c[c-]c(-c2ccccn2)cc1.[Au+3]. The van der Waals surface area contributed by atoms with Crippen molar-refractivity contribution in [2.75, 3.05) is 0 Å². The number of aliphatic imine (C=N–C) groups is 2. The van der Waals surface area contributed by atoms with E-state index in [1.54, 1.807) is 30.5 Å². The Morgan fingerprint density at radius 2 is 1.43 bits per heavy atom. The van der Waals surface area contributed by atoms with Gasteiger partial charge in [-0.1, -0.05) is 31.2 Å². The predicted molar refractivity (Wildman–Crippen MR) is 105 cm³/mol. The number of nitrogens with zero attached hydrogens (tertiary/aromatic N) is 3. The molecular formula is C22H20AuN3O2. The van der Waals surface area contributed by atoms with Crippen LogP contribution < -0.4 is 10.2 Å². The van der Waals surface area contributed by atoms with E-state index in [1.807, 2.05) is 30.3 Å². The minimum Gasteiger partial charge on any atom is -0.862 e. The van der Waals surface area contributed by atoms with Crippen LogP contribution in [0.4, 0.5) is 11.4 Å². The van der Waals surface area contributed by atoms with E-state index in [0.717, 1.165) is 11.3 Å². The molecule has 3 rings (SSSR count). The molecule has 0 aliphatic rings. The van der Waals surface area contributed by atoms with Crippen LogP contribution in [0.3, 0.4) is 0 Å². The molecule has 0 atom stereocenters. The quantitative estimate of drug-likeness (QED) is 0.215. The molecule has 0 fully saturated rings. The van der Waals surface area contributed by atoms with E-state index in [1.165, 1.54) is 19.4 Å². The summed E-state index contributed by atoms with van der Waals surface area (Å²) in [7, 11) is 0. The summed E-state index contributed by atoms with van der Waals surface area (Å²) in [5.74, 6) is -0.618. The van der Waals surface area contributed by atoms with E-state index in [-0.39, 0.29) is 34.2 Å². The van der Waals surface area contributed by atoms with Gasteiger partial charge in [0.25, 0.3) is 0 Å². The van der Waals surface area contributed by atoms with Gasteiger partial charge in [-0.05, 0) is 49.5 Å². The van der Waals surface area contributed by atoms with Crippen molar-refractivity contribution in [1.29, 1.82) is 0 Å². The molecule has 3 aromatic rings. The first-order valence-corrected chi connectivity index (χ1v) is 8.39. The Kier molecular flexibility index (Phi) is 9.88. The predicted octanol–water partition coefficient (Wildman–Crippen LogP) is 3.36. The fraction of sp³-hybridized carbons (Fsp3) is 0.136. The maximum atomic E-state index is 10.8. The zero-order valence-electron chi connectivity index (χ0n) is 15.8. The van der Waals surface area contributed by atoms with Crippen molar-refractivity contribution in [2.24, 2.45) is 9.98 Å². The fourth-order valence-electron chi connectivity index (χ4n) is 2.18. The van der Waals surface area contributed by atoms with Crippen molar-refractivity contribution in [3.8, 4) is 11.3 Å². The summed E-state index contributed by atoms with van der Waals surface area (Å²) in [6.45, 7) is 4.76. The van der Waals surface area contributed by atoms with E-state index in [2.05, 4.69) is 34.0 Å². The van der Waals surface area contributed by atoms with Crippen LogP contribution in [0, 0.1) is 13.0 Å². The normalized spacial score (nSPS) is 11.1. The number of rotatable bonds is 3. The Labute approximate surface area is 181 Å². The summed E-state index contributed by atoms with van der Waals surface area (Å²) in [6.07, 6.45) is 1.79. The molecule has 146 valence electrons. The number of pyridine rings is 1. The molecule has 0 unspecified atom stereocenters. The smallest absolute Gasteiger partial charge is 0.862 e. The van der Waals surface area contributed by atoms with Gasteiger partial charge in [-0.25, -0.2) is 0 Å². The maximum absolute atomic E-state index is 10.8. The number of para-hydroxylation sites is 2. The van der Waals surface area contributed by atoms with E-state index < -0.39 is 0 Å². The molecule has 6 heteroatoms. The summed E-state index contributed by atoms with van der Waals surface area (Å²) in [5, 5.41) is 21.5. The van der Waals surface area contributed by atoms with Gasteiger partial charge in [-0.3, -0.25) is 9.98 Å². The second-order valence-electron chi connectivity index (χ2n) is 5.75. The standard InChI is InChI=1S/C12H10N.C10H12N2O2.Au/c1-10-5-7-11(8-6-10)12-4-2-3-9-13-12;1-7(13)11-9-5-3-4-6-10(9)12-8(2)14;/h2-7,9H,1H3;3-6H,1-2H3,(H,11,13)(H,12,14);/q-1;;+3/p-2. The van der Waals surface area contributed by atoms with Gasteiger partial charge in [0, 0.05) is 6.20 Å². The van der Waals surface area contributed by atoms with Gasteiger partial charge in [0.1, 0.15) is 0 Å². The minimum atomic E-state index is -0.309. The Morgan fingerprint density at radius 3 is 1.86 bits per heavy atom. The van der Waals surface area contributed by atoms with Gasteiger partial charge >= 0.3 is 22.4 Å². The molecule has 0 saturated heterocycles. The third kappa shape index (κ3) is 7.88. The van der Waals surface area contributed by atoms with Crippen molar-refractivity contribution >= 4 is 23.2 Å². The Morgan fingerprint density at radius 1 is 0.857 bits per heavy atom. The molecule has 1 heterocycles. The summed E-state index contributed by atoms with van der Waals surface area (Å²) in [6, 6.07) is 21.9. The Bertz CT molecular complexity index is 879. The molecule has 1 aromatic heterocycles. The summed E-state index contributed by atoms with van der Waals surface area (Å²) in [4.78, 5) is 11.7. The zero-order valence-corrected chi connectivity index (χ0v) is 18.0. The fourth-order valence-corrected chi connectivity index (χ4v) is 2.18. The van der Waals surface area contributed by atoms with Crippen LogP contribution in [-0.2, 0) is 22.4 Å². The average Bonchev–Trinajstić information content (AvgIpc) is 2.64. The van der Waals surface area contributed by atoms with Crippen molar-refractivity contribution in [3.05, 3.63) is 78.5 Å². The molecule has 0 radical (unpaired) electrons. The summed E-state index contributed by atoms with van der Waals surface area (Å²) in [5.41, 5.74) is 4.10. The summed E-state index contributed by atoms with van der Waals surface area (Å²) < 4.78 is 0. The van der Waals surface area contributed by atoms with E-state index in [0.29, 0.717) is 11.4 Å². The first-order valence-electron chi connectivity index (χ1n) is 8.39. The molecule has 0 aliphatic carbocycles. The van der Waals surface area contributed by atoms with Gasteiger partial charge < -0.3 is 15.2 Å². The topological polar surface area (TPSA) is 83.7 Å². The van der Waals surface area contributed by atoms with Crippen molar-refractivity contribution < 1.29 is 32.6 Å². The number of hydrogen-bond acceptors (Lipinski definition) is 5. The van der Waals surface area contributed by atoms with Gasteiger partial charge in [-0.2, -0.15) is 0 Å². The number of benzene rings is 2. The minimum absolute atomic E-state index is 0. The van der Waals surface area contributed by atoms with Crippen LogP contribution in [0.25, 0.3) is 11.3 Å². The van der Waals surface area contributed by atoms with E-state index in [9.17, 15) is 10.2 Å². The number of hydrogen-bond donors (Lipinski definition) is 0. The summed E-state index contributed by atoms with van der Waals surface area (Å²) >= 11 is 0. The van der Waals surface area contributed by atoms with Crippen LogP contribution in [0.5, 0.6) is 0 Å². The number of aryl methyl sites for hydroxylation is 1. The molecule has 5 nitrogen and oxygen atoms in total. The first-order chi connectivity index (χ1) is 13.0. The van der Waals surface area contributed by atoms with Gasteiger partial charge in [0.05, 0.1) is 11.4 Å². The molecule has 2 aromatic carbocycles. The van der Waals surface area contributed by atoms with Crippen LogP contribution >= 0.6 is 0 Å². The Hall–Kier alpha value is -2.73. The molecular weight excluding hydrogens is 535 g/mol. The van der Waals surface area contributed by atoms with Gasteiger partial charge in [-0.15, -0.1) is 35.4 Å². The van der Waals surface area contributed by atoms with Gasteiger partial charge in [0.2, 0.25) is 0 Å². The van der Waals surface area contributed by atoms with E-state index >= 15 is 0 Å². The Balaban J connectivity index is 0.000000271. The first kappa shape index (κ1) is 23.3. The third-order valence-corrected chi connectivity index (χ3v) is 3.35. The van der Waals surface area contributed by atoms with Crippen LogP contribution in [0.1, 0.15) is 19.4 Å². The maximum Gasteiger partial charge on any atom is 3.00 e. The second kappa shape index (κ2) is 11.9. The van der Waals surface area contributed by atoms with Crippen molar-refractivity contribution in [3.63, 3.8) is 0 Å². The largest absolute Gasteiger partial charge is 3.00 e. The molecule has 28 heavy (non-hydrogen) atoms. The molecule has 0 aliphatic heterocycles. The number of aromatic nitrogens is 1. The average molecular weight is 555 g/mol. The van der Waals surface area contributed by atoms with Gasteiger partial charge in [0.15, 0.2) is 0 Å². The monoisotopic (exact) mass is 555 g/mol. The molecule has 0 spiro atoms. The van der Waals surface area contributed by atoms with E-state index in [4.69, 9.17) is 0 Å².